The molecule has 3 aliphatic heterocycles. The molecule has 0 aromatic rings. The molecule has 4 aliphatic rings. The molecule has 124 valence electrons. The first-order valence-corrected chi connectivity index (χ1v) is 8.29. The van der Waals surface area contributed by atoms with Gasteiger partial charge in [-0.15, -0.1) is 5.11 Å². The van der Waals surface area contributed by atoms with Crippen LogP contribution >= 0.6 is 0 Å². The van der Waals surface area contributed by atoms with E-state index in [0.717, 1.165) is 17.1 Å². The summed E-state index contributed by atoms with van der Waals surface area (Å²) in [6.45, 7) is 6.75. The summed E-state index contributed by atoms with van der Waals surface area (Å²) in [6, 6.07) is -0.0783. The normalized spacial score (nSPS) is 34.5. The molecule has 3 heterocycles. The van der Waals surface area contributed by atoms with Crippen LogP contribution in [0.25, 0.3) is 0 Å². The molecule has 1 saturated heterocycles. The number of ether oxygens (including phenoxy) is 1. The lowest BCUT2D eigenvalue weighted by atomic mass is 9.59. The third-order valence-corrected chi connectivity index (χ3v) is 5.71. The minimum absolute atomic E-state index is 0.0783. The minimum Gasteiger partial charge on any atom is -0.381 e. The van der Waals surface area contributed by atoms with Crippen molar-refractivity contribution in [3.8, 4) is 0 Å². The van der Waals surface area contributed by atoms with E-state index in [1.807, 2.05) is 6.92 Å². The summed E-state index contributed by atoms with van der Waals surface area (Å²) in [5, 5.41) is 11.9. The molecule has 0 radical (unpaired) electrons. The number of alkyl halides is 1. The lowest BCUT2D eigenvalue weighted by Gasteiger charge is -2.48. The van der Waals surface area contributed by atoms with Crippen LogP contribution in [0.3, 0.4) is 0 Å². The van der Waals surface area contributed by atoms with Crippen LogP contribution in [0.4, 0.5) is 4.39 Å². The maximum absolute atomic E-state index is 14.8. The molecule has 23 heavy (non-hydrogen) atoms. The fraction of sp³-hybridized carbons (Fsp3) is 0.706. The minimum atomic E-state index is -1.46. The molecule has 4 rings (SSSR count). The number of hydrogen-bond donors (Lipinski definition) is 1. The lowest BCUT2D eigenvalue weighted by Crippen LogP contribution is -2.51. The highest BCUT2D eigenvalue weighted by molar-refractivity contribution is 6.03. The number of halogens is 1. The molecule has 2 atom stereocenters. The fourth-order valence-electron chi connectivity index (χ4n) is 4.58. The average Bonchev–Trinajstić information content (AvgIpc) is 2.87. The topological polar surface area (TPSA) is 63.1 Å². The van der Waals surface area contributed by atoms with Crippen LogP contribution in [0.1, 0.15) is 40.0 Å². The number of carbonyl (C=O) groups is 1. The Morgan fingerprint density at radius 1 is 1.30 bits per heavy atom. The fourth-order valence-corrected chi connectivity index (χ4v) is 4.58. The Balaban J connectivity index is 1.89. The molecule has 0 saturated carbocycles. The Labute approximate surface area is 135 Å². The van der Waals surface area contributed by atoms with Gasteiger partial charge in [0, 0.05) is 40.9 Å². The van der Waals surface area contributed by atoms with Gasteiger partial charge in [0.2, 0.25) is 0 Å². The van der Waals surface area contributed by atoms with E-state index in [9.17, 15) is 9.18 Å². The van der Waals surface area contributed by atoms with E-state index in [-0.39, 0.29) is 11.8 Å². The summed E-state index contributed by atoms with van der Waals surface area (Å²) in [4.78, 5) is 12.9. The summed E-state index contributed by atoms with van der Waals surface area (Å²) in [5.74, 6) is 0.398. The van der Waals surface area contributed by atoms with Crippen LogP contribution in [0.15, 0.2) is 32.9 Å². The third kappa shape index (κ3) is 1.90. The number of nitrogens with zero attached hydrogens (tertiary/aromatic N) is 2. The number of azo groups is 1. The van der Waals surface area contributed by atoms with Gasteiger partial charge in [-0.05, 0) is 26.2 Å². The van der Waals surface area contributed by atoms with Gasteiger partial charge < -0.3 is 10.1 Å². The van der Waals surface area contributed by atoms with Crippen LogP contribution in [-0.4, -0.2) is 31.2 Å². The number of rotatable bonds is 0. The highest BCUT2D eigenvalue weighted by Crippen LogP contribution is 2.56. The molecule has 0 aromatic carbocycles. The van der Waals surface area contributed by atoms with Gasteiger partial charge >= 0.3 is 0 Å². The molecule has 1 N–H and O–H groups in total. The summed E-state index contributed by atoms with van der Waals surface area (Å²) in [5.41, 5.74) is 1.34. The zero-order valence-corrected chi connectivity index (χ0v) is 13.8. The maximum Gasteiger partial charge on any atom is 0.196 e. The van der Waals surface area contributed by atoms with E-state index in [0.29, 0.717) is 38.0 Å². The van der Waals surface area contributed by atoms with Gasteiger partial charge in [0.1, 0.15) is 0 Å². The van der Waals surface area contributed by atoms with Crippen molar-refractivity contribution in [2.75, 3.05) is 13.2 Å². The number of carbonyl (C=O) groups excluding carboxylic acids is 1. The van der Waals surface area contributed by atoms with Gasteiger partial charge in [0.15, 0.2) is 17.8 Å². The highest BCUT2D eigenvalue weighted by Gasteiger charge is 2.56. The van der Waals surface area contributed by atoms with Gasteiger partial charge in [0.05, 0.1) is 6.04 Å². The van der Waals surface area contributed by atoms with Crippen molar-refractivity contribution >= 4 is 5.78 Å². The Morgan fingerprint density at radius 3 is 2.70 bits per heavy atom. The third-order valence-electron chi connectivity index (χ3n) is 5.71. The number of allylic oxidation sites excluding steroid dienone is 2. The average molecular weight is 319 g/mol. The van der Waals surface area contributed by atoms with Crippen LogP contribution < -0.4 is 5.32 Å². The Hall–Kier alpha value is -1.56. The molecule has 0 bridgehead atoms. The molecule has 6 heteroatoms. The Morgan fingerprint density at radius 2 is 2.00 bits per heavy atom. The number of dihydropyridines is 1. The zero-order chi connectivity index (χ0) is 16.4. The van der Waals surface area contributed by atoms with Gasteiger partial charge in [-0.3, -0.25) is 4.79 Å². The van der Waals surface area contributed by atoms with E-state index >= 15 is 0 Å². The van der Waals surface area contributed by atoms with Crippen LogP contribution in [-0.2, 0) is 9.53 Å². The van der Waals surface area contributed by atoms with Crippen molar-refractivity contribution in [2.24, 2.45) is 21.1 Å². The van der Waals surface area contributed by atoms with Crippen molar-refractivity contribution in [1.29, 1.82) is 0 Å². The number of nitrogens with one attached hydrogen (secondary N) is 1. The van der Waals surface area contributed by atoms with Crippen molar-refractivity contribution < 1.29 is 13.9 Å². The van der Waals surface area contributed by atoms with Crippen molar-refractivity contribution in [1.82, 2.24) is 5.32 Å². The van der Waals surface area contributed by atoms with Crippen molar-refractivity contribution in [3.05, 3.63) is 22.7 Å². The number of fused-ring (bicyclic) bond motifs is 2. The Kier molecular flexibility index (Phi) is 3.08. The molecule has 1 fully saturated rings. The van der Waals surface area contributed by atoms with E-state index < -0.39 is 17.0 Å². The summed E-state index contributed by atoms with van der Waals surface area (Å²) in [6.07, 6.45) is 0.440. The van der Waals surface area contributed by atoms with Crippen LogP contribution in [0.2, 0.25) is 0 Å². The first-order valence-electron chi connectivity index (χ1n) is 8.29. The number of ketones is 1. The second-order valence-electron chi connectivity index (χ2n) is 7.72. The van der Waals surface area contributed by atoms with E-state index in [2.05, 4.69) is 15.5 Å². The Bertz CT molecular complexity index is 671. The second-order valence-corrected chi connectivity index (χ2v) is 7.72. The summed E-state index contributed by atoms with van der Waals surface area (Å²) < 4.78 is 20.3. The molecular formula is C17H22FN3O2. The first-order chi connectivity index (χ1) is 10.9. The van der Waals surface area contributed by atoms with Crippen molar-refractivity contribution in [3.63, 3.8) is 0 Å². The first kappa shape index (κ1) is 15.0. The SMILES string of the molecule is CC1N=NC2=C1C1(CCOCC1)C1=C(CC(C)(C)C(F)C1=O)N2. The zero-order valence-electron chi connectivity index (χ0n) is 13.8. The van der Waals surface area contributed by atoms with Gasteiger partial charge in [0.25, 0.3) is 0 Å². The molecular weight excluding hydrogens is 297 g/mol. The molecule has 0 aromatic heterocycles. The van der Waals surface area contributed by atoms with Gasteiger partial charge in [-0.25, -0.2) is 4.39 Å². The van der Waals surface area contributed by atoms with E-state index in [1.54, 1.807) is 13.8 Å². The predicted octanol–water partition coefficient (Wildman–Crippen LogP) is 3.04. The highest BCUT2D eigenvalue weighted by atomic mass is 19.1. The van der Waals surface area contributed by atoms with Crippen LogP contribution in [0.5, 0.6) is 0 Å². The molecule has 2 unspecified atom stereocenters. The van der Waals surface area contributed by atoms with Crippen molar-refractivity contribution in [2.45, 2.75) is 52.2 Å². The standard InChI is InChI=1S/C17H22FN3O2/c1-9-11-15(21-20-9)19-10-8-16(2,3)14(18)13(22)12(10)17(11)4-6-23-7-5-17/h9,14,19H,4-8H2,1-3H3. The lowest BCUT2D eigenvalue weighted by molar-refractivity contribution is -0.127. The molecule has 1 spiro atoms. The van der Waals surface area contributed by atoms with Gasteiger partial charge in [-0.1, -0.05) is 13.8 Å². The van der Waals surface area contributed by atoms with Gasteiger partial charge in [-0.2, -0.15) is 5.11 Å². The molecule has 5 nitrogen and oxygen atoms in total. The smallest absolute Gasteiger partial charge is 0.196 e. The molecule has 1 aliphatic carbocycles. The number of Topliss-reactive ketones (excluding diaryl/α,β-unsaturated/α-hetero) is 1. The van der Waals surface area contributed by atoms with E-state index in [1.165, 1.54) is 0 Å². The monoisotopic (exact) mass is 319 g/mol. The summed E-state index contributed by atoms with van der Waals surface area (Å²) >= 11 is 0. The molecule has 0 amide bonds. The predicted molar refractivity (Wildman–Crippen MR) is 82.3 cm³/mol. The van der Waals surface area contributed by atoms with Crippen LogP contribution in [0, 0.1) is 10.8 Å². The maximum atomic E-state index is 14.8. The number of hydrogen-bond acceptors (Lipinski definition) is 5. The second kappa shape index (κ2) is 4.72. The summed E-state index contributed by atoms with van der Waals surface area (Å²) in [7, 11) is 0. The largest absolute Gasteiger partial charge is 0.381 e. The quantitative estimate of drug-likeness (QED) is 0.746. The van der Waals surface area contributed by atoms with E-state index in [4.69, 9.17) is 4.74 Å².